The van der Waals surface area contributed by atoms with E-state index in [2.05, 4.69) is 38.1 Å². The van der Waals surface area contributed by atoms with E-state index in [4.69, 9.17) is 0 Å². The molecule has 0 N–H and O–H groups in total. The predicted molar refractivity (Wildman–Crippen MR) is 48.4 cm³/mol. The van der Waals surface area contributed by atoms with Crippen LogP contribution in [-0.2, 0) is 0 Å². The minimum Gasteiger partial charge on any atom is -0.0776 e. The topological polar surface area (TPSA) is 0 Å². The highest BCUT2D eigenvalue weighted by Gasteiger charge is 1.83. The van der Waals surface area contributed by atoms with Gasteiger partial charge in [-0.1, -0.05) is 31.7 Å². The lowest BCUT2D eigenvalue weighted by Crippen LogP contribution is -1.74. The Labute approximate surface area is 68.3 Å². The third-order valence-corrected chi connectivity index (χ3v) is 1.43. The van der Waals surface area contributed by atoms with Gasteiger partial charge in [-0.05, 0) is 25.0 Å². The Kier molecular flexibility index (Phi) is 6.36. The summed E-state index contributed by atoms with van der Waals surface area (Å²) < 4.78 is 0. The first-order valence-electron chi connectivity index (χ1n) is 2.83. The number of hydrogen-bond acceptors (Lipinski definition) is 0. The lowest BCUT2D eigenvalue weighted by Gasteiger charge is -1.93. The Balaban J connectivity index is 0. The summed E-state index contributed by atoms with van der Waals surface area (Å²) in [6, 6.07) is 8.36. The SMILES string of the molecule is C.Cc1ccccc1C.[Si]. The lowest BCUT2D eigenvalue weighted by atomic mass is 10.1. The predicted octanol–water partition coefficient (Wildman–Crippen LogP) is 2.56. The molecule has 0 heterocycles. The van der Waals surface area contributed by atoms with E-state index < -0.39 is 0 Å². The van der Waals surface area contributed by atoms with E-state index in [0.717, 1.165) is 0 Å². The molecule has 1 rings (SSSR count). The van der Waals surface area contributed by atoms with Crippen molar-refractivity contribution in [2.24, 2.45) is 0 Å². The lowest BCUT2D eigenvalue weighted by molar-refractivity contribution is 1.34. The maximum absolute atomic E-state index is 2.12. The van der Waals surface area contributed by atoms with Crippen LogP contribution < -0.4 is 0 Å². The molecule has 0 bridgehead atoms. The van der Waals surface area contributed by atoms with Crippen LogP contribution in [0.15, 0.2) is 24.3 Å². The Morgan fingerprint density at radius 1 is 0.900 bits per heavy atom. The molecular weight excluding hydrogens is 136 g/mol. The van der Waals surface area contributed by atoms with Crippen molar-refractivity contribution in [1.82, 2.24) is 0 Å². The molecule has 0 atom stereocenters. The molecule has 0 saturated carbocycles. The Morgan fingerprint density at radius 3 is 1.40 bits per heavy atom. The fraction of sp³-hybridized carbons (Fsp3) is 0.333. The molecule has 0 fully saturated rings. The van der Waals surface area contributed by atoms with Crippen LogP contribution in [0.25, 0.3) is 0 Å². The summed E-state index contributed by atoms with van der Waals surface area (Å²) in [6.07, 6.45) is 0. The quantitative estimate of drug-likeness (QED) is 0.499. The first kappa shape index (κ1) is 12.1. The van der Waals surface area contributed by atoms with E-state index in [1.807, 2.05) is 0 Å². The number of aryl methyl sites for hydroxylation is 2. The van der Waals surface area contributed by atoms with Crippen molar-refractivity contribution < 1.29 is 0 Å². The van der Waals surface area contributed by atoms with Crippen LogP contribution in [0, 0.1) is 13.8 Å². The summed E-state index contributed by atoms with van der Waals surface area (Å²) in [5.74, 6) is 0. The Morgan fingerprint density at radius 2 is 1.20 bits per heavy atom. The molecule has 1 aromatic rings. The highest BCUT2D eigenvalue weighted by atomic mass is 28.1. The third-order valence-electron chi connectivity index (χ3n) is 1.43. The summed E-state index contributed by atoms with van der Waals surface area (Å²) in [6.45, 7) is 4.24. The second-order valence-electron chi connectivity index (χ2n) is 2.08. The van der Waals surface area contributed by atoms with Crippen molar-refractivity contribution >= 4 is 11.0 Å². The third kappa shape index (κ3) is 2.83. The maximum Gasteiger partial charge on any atom is 0 e. The first-order valence-corrected chi connectivity index (χ1v) is 2.83. The van der Waals surface area contributed by atoms with Crippen molar-refractivity contribution in [1.29, 1.82) is 0 Å². The van der Waals surface area contributed by atoms with E-state index in [1.165, 1.54) is 11.1 Å². The zero-order chi connectivity index (χ0) is 5.98. The number of hydrogen-bond donors (Lipinski definition) is 0. The summed E-state index contributed by atoms with van der Waals surface area (Å²) >= 11 is 0. The maximum atomic E-state index is 2.12. The average molecular weight is 150 g/mol. The zero-order valence-electron chi connectivity index (χ0n) is 5.81. The molecule has 0 aromatic heterocycles. The molecule has 0 saturated heterocycles. The molecule has 0 nitrogen and oxygen atoms in total. The standard InChI is InChI=1S/C8H10.CH4.Si/c1-7-5-3-4-6-8(7)2;;/h3-6H,1-2H3;1H4;. The highest BCUT2D eigenvalue weighted by Crippen LogP contribution is 2.02. The molecular formula is C9H14Si. The van der Waals surface area contributed by atoms with Gasteiger partial charge in [-0.25, -0.2) is 0 Å². The minimum atomic E-state index is 0. The normalized spacial score (nSPS) is 7.40. The smallest absolute Gasteiger partial charge is 0 e. The van der Waals surface area contributed by atoms with Crippen molar-refractivity contribution in [3.05, 3.63) is 35.4 Å². The van der Waals surface area contributed by atoms with Crippen LogP contribution in [-0.4, -0.2) is 11.0 Å². The van der Waals surface area contributed by atoms with E-state index in [-0.39, 0.29) is 18.4 Å². The van der Waals surface area contributed by atoms with Crippen molar-refractivity contribution in [3.8, 4) is 0 Å². The van der Waals surface area contributed by atoms with Gasteiger partial charge in [0, 0.05) is 11.0 Å². The zero-order valence-corrected chi connectivity index (χ0v) is 6.81. The molecule has 54 valence electrons. The minimum absolute atomic E-state index is 0. The largest absolute Gasteiger partial charge is 0.0776 e. The van der Waals surface area contributed by atoms with Gasteiger partial charge in [-0.2, -0.15) is 0 Å². The first-order chi connectivity index (χ1) is 3.80. The monoisotopic (exact) mass is 150 g/mol. The molecule has 0 aliphatic carbocycles. The molecule has 1 heteroatoms. The summed E-state index contributed by atoms with van der Waals surface area (Å²) in [5, 5.41) is 0. The molecule has 10 heavy (non-hydrogen) atoms. The molecule has 0 aliphatic heterocycles. The van der Waals surface area contributed by atoms with Gasteiger partial charge in [-0.3, -0.25) is 0 Å². The number of benzene rings is 1. The van der Waals surface area contributed by atoms with Gasteiger partial charge in [0.1, 0.15) is 0 Å². The van der Waals surface area contributed by atoms with E-state index in [0.29, 0.717) is 0 Å². The van der Waals surface area contributed by atoms with Gasteiger partial charge in [0.05, 0.1) is 0 Å². The van der Waals surface area contributed by atoms with Crippen LogP contribution in [0.4, 0.5) is 0 Å². The van der Waals surface area contributed by atoms with Gasteiger partial charge < -0.3 is 0 Å². The molecule has 0 unspecified atom stereocenters. The van der Waals surface area contributed by atoms with E-state index in [9.17, 15) is 0 Å². The van der Waals surface area contributed by atoms with Crippen LogP contribution in [0.3, 0.4) is 0 Å². The average Bonchev–Trinajstić information content (AvgIpc) is 1.77. The van der Waals surface area contributed by atoms with Crippen LogP contribution in [0.1, 0.15) is 18.6 Å². The molecule has 0 spiro atoms. The van der Waals surface area contributed by atoms with Crippen LogP contribution in [0.2, 0.25) is 0 Å². The fourth-order valence-corrected chi connectivity index (χ4v) is 0.663. The molecule has 1 aromatic carbocycles. The summed E-state index contributed by atoms with van der Waals surface area (Å²) in [7, 11) is 0. The van der Waals surface area contributed by atoms with Crippen LogP contribution >= 0.6 is 0 Å². The van der Waals surface area contributed by atoms with Crippen LogP contribution in [0.5, 0.6) is 0 Å². The van der Waals surface area contributed by atoms with Gasteiger partial charge in [0.15, 0.2) is 0 Å². The van der Waals surface area contributed by atoms with Gasteiger partial charge in [0.2, 0.25) is 0 Å². The summed E-state index contributed by atoms with van der Waals surface area (Å²) in [4.78, 5) is 0. The highest BCUT2D eigenvalue weighted by molar-refractivity contribution is 5.75. The molecule has 0 aliphatic rings. The van der Waals surface area contributed by atoms with E-state index in [1.54, 1.807) is 0 Å². The van der Waals surface area contributed by atoms with Crippen molar-refractivity contribution in [3.63, 3.8) is 0 Å². The second-order valence-corrected chi connectivity index (χ2v) is 2.08. The van der Waals surface area contributed by atoms with E-state index >= 15 is 0 Å². The van der Waals surface area contributed by atoms with Crippen molar-refractivity contribution in [2.75, 3.05) is 0 Å². The van der Waals surface area contributed by atoms with Gasteiger partial charge in [0.25, 0.3) is 0 Å². The Bertz CT molecular complexity index is 161. The van der Waals surface area contributed by atoms with Gasteiger partial charge in [-0.15, -0.1) is 0 Å². The summed E-state index contributed by atoms with van der Waals surface area (Å²) in [5.41, 5.74) is 2.74. The van der Waals surface area contributed by atoms with Gasteiger partial charge >= 0.3 is 0 Å². The second kappa shape index (κ2) is 5.24. The number of rotatable bonds is 0. The fourth-order valence-electron chi connectivity index (χ4n) is 0.663. The Hall–Kier alpha value is -0.563. The van der Waals surface area contributed by atoms with Crippen molar-refractivity contribution in [2.45, 2.75) is 21.3 Å². The molecule has 4 radical (unpaired) electrons. The molecule has 0 amide bonds.